The van der Waals surface area contributed by atoms with Crippen LogP contribution in [-0.4, -0.2) is 51.6 Å². The molecule has 2 rings (SSSR count). The van der Waals surface area contributed by atoms with Gasteiger partial charge in [0.05, 0.1) is 6.26 Å². The molecule has 1 aliphatic rings. The molecule has 1 aliphatic heterocycles. The number of sulfonamides is 1. The van der Waals surface area contributed by atoms with E-state index >= 15 is 0 Å². The first-order chi connectivity index (χ1) is 9.79. The maximum absolute atomic E-state index is 12.3. The van der Waals surface area contributed by atoms with E-state index in [0.717, 1.165) is 11.9 Å². The van der Waals surface area contributed by atoms with Gasteiger partial charge in [-0.15, -0.1) is 0 Å². The molecule has 0 saturated carbocycles. The Labute approximate surface area is 125 Å². The maximum Gasteiger partial charge on any atom is 0.242 e. The van der Waals surface area contributed by atoms with Crippen LogP contribution >= 0.6 is 0 Å². The van der Waals surface area contributed by atoms with Crippen LogP contribution in [0.2, 0.25) is 0 Å². The van der Waals surface area contributed by atoms with Crippen molar-refractivity contribution in [3.8, 4) is 0 Å². The van der Waals surface area contributed by atoms with Crippen molar-refractivity contribution >= 4 is 27.3 Å². The molecule has 0 radical (unpaired) electrons. The fourth-order valence-electron chi connectivity index (χ4n) is 2.47. The number of anilines is 2. The van der Waals surface area contributed by atoms with E-state index in [0.29, 0.717) is 25.1 Å². The molecule has 0 aromatic heterocycles. The summed E-state index contributed by atoms with van der Waals surface area (Å²) in [4.78, 5) is 14.2. The lowest BCUT2D eigenvalue weighted by molar-refractivity contribution is -0.119. The molecule has 1 fully saturated rings. The van der Waals surface area contributed by atoms with Crippen molar-refractivity contribution in [1.29, 1.82) is 0 Å². The second-order valence-corrected chi connectivity index (χ2v) is 7.40. The van der Waals surface area contributed by atoms with Crippen molar-refractivity contribution in [1.82, 2.24) is 4.31 Å². The number of carbonyl (C=O) groups is 1. The van der Waals surface area contributed by atoms with E-state index in [9.17, 15) is 13.2 Å². The number of nitrogens with zero attached hydrogens (tertiary/aromatic N) is 2. The zero-order valence-corrected chi connectivity index (χ0v) is 13.4. The Morgan fingerprint density at radius 2 is 1.90 bits per heavy atom. The summed E-state index contributed by atoms with van der Waals surface area (Å²) in [5, 5.41) is 2.79. The third-order valence-electron chi connectivity index (χ3n) is 3.58. The molecule has 6 nitrogen and oxygen atoms in total. The highest BCUT2D eigenvalue weighted by Crippen LogP contribution is 2.22. The minimum absolute atomic E-state index is 0.268. The quantitative estimate of drug-likeness (QED) is 0.904. The number of carbonyl (C=O) groups excluding carboxylic acids is 1. The zero-order chi connectivity index (χ0) is 15.6. The van der Waals surface area contributed by atoms with Gasteiger partial charge in [-0.05, 0) is 37.1 Å². The Balaban J connectivity index is 2.07. The molecule has 1 heterocycles. The van der Waals surface area contributed by atoms with Crippen LogP contribution in [0.25, 0.3) is 0 Å². The standard InChI is InChI=1S/C14H21N3O3S/c1-16(2)12-8-6-11(7-9-12)15-14(18)13-5-4-10-17(13)21(3,19)20/h6-9,13H,4-5,10H2,1-3H3,(H,15,18). The largest absolute Gasteiger partial charge is 0.378 e. The van der Waals surface area contributed by atoms with Crippen LogP contribution in [0.4, 0.5) is 11.4 Å². The molecule has 1 unspecified atom stereocenters. The molecule has 0 spiro atoms. The van der Waals surface area contributed by atoms with E-state index in [1.165, 1.54) is 4.31 Å². The molecule has 1 amide bonds. The minimum atomic E-state index is -3.34. The Morgan fingerprint density at radius 3 is 2.43 bits per heavy atom. The van der Waals surface area contributed by atoms with E-state index in [2.05, 4.69) is 5.32 Å². The van der Waals surface area contributed by atoms with Gasteiger partial charge < -0.3 is 10.2 Å². The van der Waals surface area contributed by atoms with Gasteiger partial charge in [0.1, 0.15) is 6.04 Å². The summed E-state index contributed by atoms with van der Waals surface area (Å²) in [7, 11) is 0.540. The number of nitrogens with one attached hydrogen (secondary N) is 1. The molecule has 0 bridgehead atoms. The van der Waals surface area contributed by atoms with Crippen LogP contribution in [0.5, 0.6) is 0 Å². The first-order valence-electron chi connectivity index (χ1n) is 6.84. The second kappa shape index (κ2) is 6.03. The third-order valence-corrected chi connectivity index (χ3v) is 4.87. The fourth-order valence-corrected chi connectivity index (χ4v) is 3.59. The molecule has 0 aliphatic carbocycles. The Hall–Kier alpha value is -1.60. The van der Waals surface area contributed by atoms with E-state index in [1.54, 1.807) is 0 Å². The van der Waals surface area contributed by atoms with Crippen molar-refractivity contribution in [3.63, 3.8) is 0 Å². The van der Waals surface area contributed by atoms with Crippen molar-refractivity contribution < 1.29 is 13.2 Å². The fraction of sp³-hybridized carbons (Fsp3) is 0.500. The number of hydrogen-bond acceptors (Lipinski definition) is 4. The summed E-state index contributed by atoms with van der Waals surface area (Å²) in [6, 6.07) is 6.82. The summed E-state index contributed by atoms with van der Waals surface area (Å²) < 4.78 is 24.6. The van der Waals surface area contributed by atoms with E-state index in [-0.39, 0.29) is 5.91 Å². The molecule has 7 heteroatoms. The number of rotatable bonds is 4. The van der Waals surface area contributed by atoms with Crippen molar-refractivity contribution in [2.24, 2.45) is 0 Å². The zero-order valence-electron chi connectivity index (χ0n) is 12.5. The van der Waals surface area contributed by atoms with E-state index in [4.69, 9.17) is 0 Å². The minimum Gasteiger partial charge on any atom is -0.378 e. The highest BCUT2D eigenvalue weighted by molar-refractivity contribution is 7.88. The molecule has 21 heavy (non-hydrogen) atoms. The lowest BCUT2D eigenvalue weighted by Gasteiger charge is -2.21. The van der Waals surface area contributed by atoms with E-state index < -0.39 is 16.1 Å². The monoisotopic (exact) mass is 311 g/mol. The highest BCUT2D eigenvalue weighted by atomic mass is 32.2. The summed E-state index contributed by atoms with van der Waals surface area (Å²) in [6.45, 7) is 0.413. The lowest BCUT2D eigenvalue weighted by Crippen LogP contribution is -2.42. The van der Waals surface area contributed by atoms with Crippen LogP contribution in [0, 0.1) is 0 Å². The van der Waals surface area contributed by atoms with Crippen molar-refractivity contribution in [2.45, 2.75) is 18.9 Å². The molecule has 1 atom stereocenters. The predicted molar refractivity (Wildman–Crippen MR) is 84.0 cm³/mol. The summed E-state index contributed by atoms with van der Waals surface area (Å²) in [5.74, 6) is -0.268. The van der Waals surface area contributed by atoms with Gasteiger partial charge in [0.25, 0.3) is 0 Å². The van der Waals surface area contributed by atoms with Gasteiger partial charge in [-0.2, -0.15) is 4.31 Å². The van der Waals surface area contributed by atoms with Gasteiger partial charge in [-0.3, -0.25) is 4.79 Å². The van der Waals surface area contributed by atoms with Crippen LogP contribution < -0.4 is 10.2 Å². The molecule has 1 aromatic carbocycles. The highest BCUT2D eigenvalue weighted by Gasteiger charge is 2.36. The smallest absolute Gasteiger partial charge is 0.242 e. The maximum atomic E-state index is 12.3. The Morgan fingerprint density at radius 1 is 1.29 bits per heavy atom. The predicted octanol–water partition coefficient (Wildman–Crippen LogP) is 1.12. The van der Waals surface area contributed by atoms with Gasteiger partial charge in [0, 0.05) is 32.0 Å². The van der Waals surface area contributed by atoms with Gasteiger partial charge in [-0.25, -0.2) is 8.42 Å². The normalized spacial score (nSPS) is 19.5. The second-order valence-electron chi connectivity index (χ2n) is 5.46. The SMILES string of the molecule is CN(C)c1ccc(NC(=O)C2CCCN2S(C)(=O)=O)cc1. The van der Waals surface area contributed by atoms with Gasteiger partial charge >= 0.3 is 0 Å². The molecule has 1 aromatic rings. The molecular weight excluding hydrogens is 290 g/mol. The van der Waals surface area contributed by atoms with Gasteiger partial charge in [0.2, 0.25) is 15.9 Å². The average Bonchev–Trinajstić information content (AvgIpc) is 2.88. The summed E-state index contributed by atoms with van der Waals surface area (Å²) >= 11 is 0. The number of benzene rings is 1. The molecular formula is C14H21N3O3S. The van der Waals surface area contributed by atoms with Crippen LogP contribution in [0.1, 0.15) is 12.8 Å². The van der Waals surface area contributed by atoms with Crippen molar-refractivity contribution in [3.05, 3.63) is 24.3 Å². The van der Waals surface area contributed by atoms with Gasteiger partial charge in [0.15, 0.2) is 0 Å². The van der Waals surface area contributed by atoms with Crippen molar-refractivity contribution in [2.75, 3.05) is 37.1 Å². The molecule has 1 saturated heterocycles. The van der Waals surface area contributed by atoms with Crippen LogP contribution in [0.3, 0.4) is 0 Å². The summed E-state index contributed by atoms with van der Waals surface area (Å²) in [6.07, 6.45) is 2.42. The average molecular weight is 311 g/mol. The molecule has 116 valence electrons. The van der Waals surface area contributed by atoms with Crippen LogP contribution in [0.15, 0.2) is 24.3 Å². The van der Waals surface area contributed by atoms with Gasteiger partial charge in [-0.1, -0.05) is 0 Å². The number of amides is 1. The molecule has 1 N–H and O–H groups in total. The summed E-state index contributed by atoms with van der Waals surface area (Å²) in [5.41, 5.74) is 1.71. The Bertz CT molecular complexity index is 611. The first kappa shape index (κ1) is 15.8. The lowest BCUT2D eigenvalue weighted by atomic mass is 10.2. The Kier molecular flexibility index (Phi) is 4.53. The first-order valence-corrected chi connectivity index (χ1v) is 8.69. The third kappa shape index (κ3) is 3.74. The topological polar surface area (TPSA) is 69.7 Å². The number of hydrogen-bond donors (Lipinski definition) is 1. The van der Waals surface area contributed by atoms with Crippen LogP contribution in [-0.2, 0) is 14.8 Å². The van der Waals surface area contributed by atoms with E-state index in [1.807, 2.05) is 43.3 Å².